The van der Waals surface area contributed by atoms with Gasteiger partial charge in [0.05, 0.1) is 22.5 Å². The molecule has 0 bridgehead atoms. The summed E-state index contributed by atoms with van der Waals surface area (Å²) in [5, 5.41) is 5.08. The van der Waals surface area contributed by atoms with E-state index in [2.05, 4.69) is 27.2 Å². The SMILES string of the molecule is CC.CC(Nc1nc(C(=O)N2CCC[C@@H]2C)c2sccc2n1)c1cncc(F)c1. The fourth-order valence-corrected chi connectivity index (χ4v) is 4.20. The van der Waals surface area contributed by atoms with Gasteiger partial charge in [0.1, 0.15) is 5.82 Å². The molecule has 0 saturated carbocycles. The van der Waals surface area contributed by atoms with Crippen molar-refractivity contribution in [2.24, 2.45) is 0 Å². The lowest BCUT2D eigenvalue weighted by Gasteiger charge is -2.21. The predicted octanol–water partition coefficient (Wildman–Crippen LogP) is 5.05. The van der Waals surface area contributed by atoms with Crippen molar-refractivity contribution in [3.8, 4) is 0 Å². The number of thiophene rings is 1. The smallest absolute Gasteiger partial charge is 0.274 e. The summed E-state index contributed by atoms with van der Waals surface area (Å²) in [6.07, 6.45) is 4.79. The van der Waals surface area contributed by atoms with Gasteiger partial charge in [0, 0.05) is 18.8 Å². The van der Waals surface area contributed by atoms with Gasteiger partial charge in [-0.25, -0.2) is 14.4 Å². The highest BCUT2D eigenvalue weighted by Crippen LogP contribution is 2.28. The van der Waals surface area contributed by atoms with Crippen molar-refractivity contribution in [3.63, 3.8) is 0 Å². The minimum absolute atomic E-state index is 0.0574. The van der Waals surface area contributed by atoms with Crippen molar-refractivity contribution in [1.82, 2.24) is 19.9 Å². The molecule has 0 radical (unpaired) electrons. The standard InChI is InChI=1S/C19H20FN5OS.C2H6/c1-11-4-3-6-25(11)18(26)16-17-15(5-7-27-17)23-19(24-16)22-12(2)13-8-14(20)10-21-9-13;1-2/h5,7-12H,3-4,6H2,1-2H3,(H,22,23,24);1-2H3/t11-,12?;/m0./s1. The fraction of sp³-hybridized carbons (Fsp3) is 0.429. The summed E-state index contributed by atoms with van der Waals surface area (Å²) in [5.74, 6) is -0.0971. The van der Waals surface area contributed by atoms with Crippen molar-refractivity contribution >= 4 is 33.4 Å². The van der Waals surface area contributed by atoms with Gasteiger partial charge >= 0.3 is 0 Å². The minimum Gasteiger partial charge on any atom is -0.348 e. The first-order valence-corrected chi connectivity index (χ1v) is 10.8. The molecule has 29 heavy (non-hydrogen) atoms. The number of amides is 1. The first-order chi connectivity index (χ1) is 14.0. The van der Waals surface area contributed by atoms with E-state index in [9.17, 15) is 9.18 Å². The summed E-state index contributed by atoms with van der Waals surface area (Å²) in [7, 11) is 0. The maximum Gasteiger partial charge on any atom is 0.274 e. The molecule has 3 aromatic rings. The molecule has 1 aliphatic heterocycles. The molecular weight excluding hydrogens is 389 g/mol. The van der Waals surface area contributed by atoms with Crippen LogP contribution < -0.4 is 5.32 Å². The summed E-state index contributed by atoms with van der Waals surface area (Å²) in [4.78, 5) is 27.9. The Morgan fingerprint density at radius 3 is 2.83 bits per heavy atom. The number of hydrogen-bond donors (Lipinski definition) is 1. The molecular formula is C21H26FN5OS. The maximum atomic E-state index is 13.4. The van der Waals surface area contributed by atoms with E-state index < -0.39 is 5.82 Å². The number of fused-ring (bicyclic) bond motifs is 1. The van der Waals surface area contributed by atoms with Crippen LogP contribution in [-0.2, 0) is 0 Å². The Morgan fingerprint density at radius 2 is 2.14 bits per heavy atom. The zero-order chi connectivity index (χ0) is 21.0. The average Bonchev–Trinajstić information content (AvgIpc) is 3.37. The normalized spacial score (nSPS) is 17.0. The third-order valence-corrected chi connectivity index (χ3v) is 5.80. The van der Waals surface area contributed by atoms with Crippen LogP contribution in [0.15, 0.2) is 29.9 Å². The molecule has 1 unspecified atom stereocenters. The number of carbonyl (C=O) groups excluding carboxylic acids is 1. The van der Waals surface area contributed by atoms with Gasteiger partial charge in [0.15, 0.2) is 5.69 Å². The van der Waals surface area contributed by atoms with Crippen LogP contribution in [0.4, 0.5) is 10.3 Å². The lowest BCUT2D eigenvalue weighted by atomic mass is 10.1. The topological polar surface area (TPSA) is 71.0 Å². The van der Waals surface area contributed by atoms with Crippen molar-refractivity contribution in [1.29, 1.82) is 0 Å². The van der Waals surface area contributed by atoms with E-state index in [1.807, 2.05) is 37.1 Å². The van der Waals surface area contributed by atoms with Gasteiger partial charge < -0.3 is 10.2 Å². The monoisotopic (exact) mass is 415 g/mol. The third kappa shape index (κ3) is 4.53. The Balaban J connectivity index is 0.00000117. The van der Waals surface area contributed by atoms with Crippen LogP contribution in [0.25, 0.3) is 10.2 Å². The quantitative estimate of drug-likeness (QED) is 0.646. The molecule has 2 atom stereocenters. The van der Waals surface area contributed by atoms with Crippen LogP contribution in [0.2, 0.25) is 0 Å². The number of nitrogens with zero attached hydrogens (tertiary/aromatic N) is 4. The van der Waals surface area contributed by atoms with Crippen LogP contribution >= 0.6 is 11.3 Å². The molecule has 0 spiro atoms. The van der Waals surface area contributed by atoms with E-state index in [1.54, 1.807) is 6.20 Å². The number of halogens is 1. The second-order valence-electron chi connectivity index (χ2n) is 6.82. The van der Waals surface area contributed by atoms with Gasteiger partial charge in [-0.1, -0.05) is 13.8 Å². The highest BCUT2D eigenvalue weighted by Gasteiger charge is 2.29. The van der Waals surface area contributed by atoms with Crippen LogP contribution in [0.1, 0.15) is 62.6 Å². The molecule has 1 saturated heterocycles. The Hall–Kier alpha value is -2.61. The first-order valence-electron chi connectivity index (χ1n) is 9.96. The highest BCUT2D eigenvalue weighted by molar-refractivity contribution is 7.17. The van der Waals surface area contributed by atoms with E-state index in [0.29, 0.717) is 17.2 Å². The lowest BCUT2D eigenvalue weighted by molar-refractivity contribution is 0.0744. The summed E-state index contributed by atoms with van der Waals surface area (Å²) in [6, 6.07) is 3.27. The summed E-state index contributed by atoms with van der Waals surface area (Å²) in [6.45, 7) is 8.70. The number of rotatable bonds is 4. The largest absolute Gasteiger partial charge is 0.348 e. The van der Waals surface area contributed by atoms with Gasteiger partial charge in [-0.3, -0.25) is 9.78 Å². The van der Waals surface area contributed by atoms with Gasteiger partial charge in [-0.15, -0.1) is 11.3 Å². The number of anilines is 1. The van der Waals surface area contributed by atoms with Crippen molar-refractivity contribution in [2.75, 3.05) is 11.9 Å². The molecule has 8 heteroatoms. The molecule has 1 amide bonds. The molecule has 3 aromatic heterocycles. The molecule has 1 fully saturated rings. The molecule has 4 heterocycles. The van der Waals surface area contributed by atoms with Crippen LogP contribution in [0, 0.1) is 5.82 Å². The summed E-state index contributed by atoms with van der Waals surface area (Å²) < 4.78 is 14.2. The zero-order valence-corrected chi connectivity index (χ0v) is 18.0. The second-order valence-corrected chi connectivity index (χ2v) is 7.74. The van der Waals surface area contributed by atoms with Gasteiger partial charge in [0.2, 0.25) is 5.95 Å². The molecule has 1 aliphatic rings. The first kappa shape index (κ1) is 21.1. The molecule has 1 N–H and O–H groups in total. The number of likely N-dealkylation sites (tertiary alicyclic amines) is 1. The number of pyridine rings is 1. The van der Waals surface area contributed by atoms with E-state index >= 15 is 0 Å². The maximum absolute atomic E-state index is 13.4. The third-order valence-electron chi connectivity index (χ3n) is 4.89. The van der Waals surface area contributed by atoms with Crippen LogP contribution in [0.3, 0.4) is 0 Å². The van der Waals surface area contributed by atoms with E-state index in [4.69, 9.17) is 0 Å². The van der Waals surface area contributed by atoms with Gasteiger partial charge in [-0.2, -0.15) is 0 Å². The number of aromatic nitrogens is 3. The number of carbonyl (C=O) groups is 1. The Labute approximate surface area is 174 Å². The van der Waals surface area contributed by atoms with Crippen LogP contribution in [0.5, 0.6) is 0 Å². The van der Waals surface area contributed by atoms with E-state index in [-0.39, 0.29) is 18.0 Å². The lowest BCUT2D eigenvalue weighted by Crippen LogP contribution is -2.34. The van der Waals surface area contributed by atoms with Crippen LogP contribution in [-0.4, -0.2) is 38.3 Å². The molecule has 154 valence electrons. The summed E-state index contributed by atoms with van der Waals surface area (Å²) in [5.41, 5.74) is 1.85. The van der Waals surface area contributed by atoms with Gasteiger partial charge in [0.25, 0.3) is 5.91 Å². The highest BCUT2D eigenvalue weighted by atomic mass is 32.1. The fourth-order valence-electron chi connectivity index (χ4n) is 3.39. The molecule has 6 nitrogen and oxygen atoms in total. The minimum atomic E-state index is -0.394. The van der Waals surface area contributed by atoms with E-state index in [1.165, 1.54) is 17.4 Å². The van der Waals surface area contributed by atoms with E-state index in [0.717, 1.165) is 35.8 Å². The molecule has 0 aliphatic carbocycles. The number of nitrogens with one attached hydrogen (secondary N) is 1. The summed E-state index contributed by atoms with van der Waals surface area (Å²) >= 11 is 1.47. The Morgan fingerprint density at radius 1 is 1.34 bits per heavy atom. The van der Waals surface area contributed by atoms with Crippen molar-refractivity contribution in [3.05, 3.63) is 47.0 Å². The molecule has 4 rings (SSSR count). The Kier molecular flexibility index (Phi) is 6.74. The van der Waals surface area contributed by atoms with Crippen molar-refractivity contribution in [2.45, 2.75) is 52.6 Å². The van der Waals surface area contributed by atoms with Crippen molar-refractivity contribution < 1.29 is 9.18 Å². The second kappa shape index (κ2) is 9.26. The zero-order valence-electron chi connectivity index (χ0n) is 17.1. The number of hydrogen-bond acceptors (Lipinski definition) is 6. The molecule has 0 aromatic carbocycles. The average molecular weight is 416 g/mol. The predicted molar refractivity (Wildman–Crippen MR) is 115 cm³/mol. The Bertz CT molecular complexity index is 992. The van der Waals surface area contributed by atoms with Gasteiger partial charge in [-0.05, 0) is 49.8 Å².